The Labute approximate surface area is 97.4 Å². The smallest absolute Gasteiger partial charge is 0.305 e. The van der Waals surface area contributed by atoms with Gasteiger partial charge in [-0.25, -0.2) is 0 Å². The van der Waals surface area contributed by atoms with Crippen molar-refractivity contribution in [2.45, 2.75) is 53.0 Å². The molecule has 4 nitrogen and oxygen atoms in total. The van der Waals surface area contributed by atoms with E-state index in [0.717, 1.165) is 12.8 Å². The number of rotatable bonds is 7. The summed E-state index contributed by atoms with van der Waals surface area (Å²) in [5.74, 6) is -0.821. The van der Waals surface area contributed by atoms with Crippen molar-refractivity contribution in [1.29, 1.82) is 0 Å². The fourth-order valence-corrected chi connectivity index (χ4v) is 1.53. The quantitative estimate of drug-likeness (QED) is 0.702. The standard InChI is InChI=1S/C12H23NO3/c1-5-6-9(4)12(16)13-10(8(2)3)7-11(14)15/h8-10H,5-7H2,1-4H3,(H,13,16)(H,14,15). The molecule has 0 radical (unpaired) electrons. The van der Waals surface area contributed by atoms with Crippen LogP contribution in [-0.4, -0.2) is 23.0 Å². The number of amides is 1. The van der Waals surface area contributed by atoms with Gasteiger partial charge in [0.25, 0.3) is 0 Å². The van der Waals surface area contributed by atoms with Crippen LogP contribution in [0.4, 0.5) is 0 Å². The number of nitrogens with one attached hydrogen (secondary N) is 1. The Morgan fingerprint density at radius 1 is 1.25 bits per heavy atom. The zero-order valence-electron chi connectivity index (χ0n) is 10.6. The van der Waals surface area contributed by atoms with Crippen LogP contribution in [0.1, 0.15) is 47.0 Å². The van der Waals surface area contributed by atoms with Gasteiger partial charge in [0.05, 0.1) is 6.42 Å². The first-order valence-corrected chi connectivity index (χ1v) is 5.90. The maximum Gasteiger partial charge on any atom is 0.305 e. The minimum Gasteiger partial charge on any atom is -0.481 e. The molecule has 0 aliphatic rings. The van der Waals surface area contributed by atoms with Gasteiger partial charge in [-0.2, -0.15) is 0 Å². The number of aliphatic carboxylic acids is 1. The summed E-state index contributed by atoms with van der Waals surface area (Å²) in [4.78, 5) is 22.4. The van der Waals surface area contributed by atoms with Crippen LogP contribution in [0.5, 0.6) is 0 Å². The van der Waals surface area contributed by atoms with Crippen LogP contribution < -0.4 is 5.32 Å². The van der Waals surface area contributed by atoms with E-state index in [1.165, 1.54) is 0 Å². The van der Waals surface area contributed by atoms with Crippen molar-refractivity contribution in [1.82, 2.24) is 5.32 Å². The van der Waals surface area contributed by atoms with Gasteiger partial charge in [-0.3, -0.25) is 9.59 Å². The van der Waals surface area contributed by atoms with Crippen molar-refractivity contribution in [3.8, 4) is 0 Å². The average Bonchev–Trinajstić information content (AvgIpc) is 2.16. The van der Waals surface area contributed by atoms with Gasteiger partial charge in [0.2, 0.25) is 5.91 Å². The van der Waals surface area contributed by atoms with E-state index >= 15 is 0 Å². The monoisotopic (exact) mass is 229 g/mol. The SMILES string of the molecule is CCCC(C)C(=O)NC(CC(=O)O)C(C)C. The van der Waals surface area contributed by atoms with E-state index in [1.54, 1.807) is 0 Å². The lowest BCUT2D eigenvalue weighted by atomic mass is 9.98. The fourth-order valence-electron chi connectivity index (χ4n) is 1.53. The van der Waals surface area contributed by atoms with Crippen LogP contribution in [0.25, 0.3) is 0 Å². The Balaban J connectivity index is 4.28. The van der Waals surface area contributed by atoms with Gasteiger partial charge >= 0.3 is 5.97 Å². The molecule has 2 unspecified atom stereocenters. The highest BCUT2D eigenvalue weighted by Gasteiger charge is 2.21. The van der Waals surface area contributed by atoms with Crippen LogP contribution in [0.15, 0.2) is 0 Å². The van der Waals surface area contributed by atoms with Crippen molar-refractivity contribution in [3.05, 3.63) is 0 Å². The number of hydrogen-bond acceptors (Lipinski definition) is 2. The molecule has 0 saturated heterocycles. The number of carbonyl (C=O) groups excluding carboxylic acids is 1. The van der Waals surface area contributed by atoms with Crippen molar-refractivity contribution in [2.24, 2.45) is 11.8 Å². The molecule has 2 atom stereocenters. The summed E-state index contributed by atoms with van der Waals surface area (Å²) < 4.78 is 0. The highest BCUT2D eigenvalue weighted by Crippen LogP contribution is 2.10. The Hall–Kier alpha value is -1.06. The van der Waals surface area contributed by atoms with Gasteiger partial charge in [0.15, 0.2) is 0 Å². The number of carboxylic acids is 1. The third-order valence-corrected chi connectivity index (χ3v) is 2.70. The van der Waals surface area contributed by atoms with Gasteiger partial charge in [-0.05, 0) is 12.3 Å². The lowest BCUT2D eigenvalue weighted by Crippen LogP contribution is -2.42. The number of carboxylic acid groups (broad SMARTS) is 1. The first kappa shape index (κ1) is 14.9. The second kappa shape index (κ2) is 7.25. The summed E-state index contributed by atoms with van der Waals surface area (Å²) in [5.41, 5.74) is 0. The van der Waals surface area contributed by atoms with E-state index < -0.39 is 5.97 Å². The summed E-state index contributed by atoms with van der Waals surface area (Å²) in [6, 6.07) is -0.274. The third kappa shape index (κ3) is 5.73. The number of carbonyl (C=O) groups is 2. The molecular formula is C12H23NO3. The van der Waals surface area contributed by atoms with Crippen LogP contribution in [-0.2, 0) is 9.59 Å². The molecule has 0 aromatic carbocycles. The average molecular weight is 229 g/mol. The topological polar surface area (TPSA) is 66.4 Å². The number of hydrogen-bond donors (Lipinski definition) is 2. The molecule has 0 aliphatic carbocycles. The molecule has 1 amide bonds. The lowest BCUT2D eigenvalue weighted by Gasteiger charge is -2.22. The predicted octanol–water partition coefficient (Wildman–Crippen LogP) is 2.04. The molecule has 0 rings (SSSR count). The van der Waals surface area contributed by atoms with E-state index in [4.69, 9.17) is 5.11 Å². The molecule has 4 heteroatoms. The van der Waals surface area contributed by atoms with Crippen molar-refractivity contribution >= 4 is 11.9 Å². The van der Waals surface area contributed by atoms with Crippen molar-refractivity contribution < 1.29 is 14.7 Å². The van der Waals surface area contributed by atoms with Crippen molar-refractivity contribution in [2.75, 3.05) is 0 Å². The second-order valence-corrected chi connectivity index (χ2v) is 4.65. The summed E-state index contributed by atoms with van der Waals surface area (Å²) in [5, 5.41) is 11.5. The molecule has 0 aromatic rings. The van der Waals surface area contributed by atoms with Gasteiger partial charge in [-0.15, -0.1) is 0 Å². The molecule has 0 heterocycles. The largest absolute Gasteiger partial charge is 0.481 e. The van der Waals surface area contributed by atoms with Crippen LogP contribution in [0, 0.1) is 11.8 Å². The van der Waals surface area contributed by atoms with Crippen molar-refractivity contribution in [3.63, 3.8) is 0 Å². The first-order valence-electron chi connectivity index (χ1n) is 5.90. The maximum atomic E-state index is 11.7. The molecule has 0 aliphatic heterocycles. The second-order valence-electron chi connectivity index (χ2n) is 4.65. The molecule has 16 heavy (non-hydrogen) atoms. The van der Waals surface area contributed by atoms with Crippen LogP contribution in [0.2, 0.25) is 0 Å². The van der Waals surface area contributed by atoms with Crippen LogP contribution in [0.3, 0.4) is 0 Å². The summed E-state index contributed by atoms with van der Waals surface area (Å²) in [6.45, 7) is 7.73. The van der Waals surface area contributed by atoms with E-state index in [2.05, 4.69) is 5.32 Å². The van der Waals surface area contributed by atoms with Crippen LogP contribution >= 0.6 is 0 Å². The van der Waals surface area contributed by atoms with Gasteiger partial charge in [0.1, 0.15) is 0 Å². The zero-order valence-corrected chi connectivity index (χ0v) is 10.6. The molecular weight excluding hydrogens is 206 g/mol. The maximum absolute atomic E-state index is 11.7. The highest BCUT2D eigenvalue weighted by atomic mass is 16.4. The highest BCUT2D eigenvalue weighted by molar-refractivity contribution is 5.79. The fraction of sp³-hybridized carbons (Fsp3) is 0.833. The lowest BCUT2D eigenvalue weighted by molar-refractivity contribution is -0.138. The van der Waals surface area contributed by atoms with E-state index in [9.17, 15) is 9.59 Å². The van der Waals surface area contributed by atoms with E-state index in [0.29, 0.717) is 0 Å². The molecule has 0 spiro atoms. The Morgan fingerprint density at radius 2 is 1.81 bits per heavy atom. The summed E-state index contributed by atoms with van der Waals surface area (Å²) in [6.07, 6.45) is 1.78. The minimum atomic E-state index is -0.873. The van der Waals surface area contributed by atoms with Gasteiger partial charge < -0.3 is 10.4 Å². The van der Waals surface area contributed by atoms with E-state index in [-0.39, 0.29) is 30.2 Å². The molecule has 0 saturated carbocycles. The minimum absolute atomic E-state index is 0.0117. The Morgan fingerprint density at radius 3 is 2.19 bits per heavy atom. The van der Waals surface area contributed by atoms with Gasteiger partial charge in [0, 0.05) is 12.0 Å². The normalized spacial score (nSPS) is 14.6. The molecule has 94 valence electrons. The Kier molecular flexibility index (Phi) is 6.77. The predicted molar refractivity (Wildman–Crippen MR) is 63.1 cm³/mol. The molecule has 0 aromatic heterocycles. The Bertz CT molecular complexity index is 238. The summed E-state index contributed by atoms with van der Waals surface area (Å²) >= 11 is 0. The zero-order chi connectivity index (χ0) is 12.7. The molecule has 2 N–H and O–H groups in total. The summed E-state index contributed by atoms with van der Waals surface area (Å²) in [7, 11) is 0. The third-order valence-electron chi connectivity index (χ3n) is 2.70. The van der Waals surface area contributed by atoms with Gasteiger partial charge in [-0.1, -0.05) is 34.1 Å². The first-order chi connectivity index (χ1) is 7.38. The molecule has 0 bridgehead atoms. The van der Waals surface area contributed by atoms with E-state index in [1.807, 2.05) is 27.7 Å². The molecule has 0 fully saturated rings.